The number of benzene rings is 2. The number of likely N-dealkylation sites (N-methyl/N-ethyl adjacent to an activating group) is 1. The van der Waals surface area contributed by atoms with Gasteiger partial charge in [-0.1, -0.05) is 30.3 Å². The number of amides is 1. The lowest BCUT2D eigenvalue weighted by Gasteiger charge is -2.41. The third kappa shape index (κ3) is 3.08. The zero-order valence-electron chi connectivity index (χ0n) is 17.3. The molecule has 3 aliphatic heterocycles. The molecule has 2 aromatic rings. The minimum absolute atomic E-state index is 0.203. The van der Waals surface area contributed by atoms with Gasteiger partial charge in [-0.3, -0.25) is 4.79 Å². The molecule has 0 unspecified atom stereocenters. The Hall–Kier alpha value is -2.53. The Morgan fingerprint density at radius 2 is 2.00 bits per heavy atom. The number of ether oxygens (including phenoxy) is 1. The second-order valence-corrected chi connectivity index (χ2v) is 8.47. The lowest BCUT2D eigenvalue weighted by molar-refractivity contribution is -0.117. The Kier molecular flexibility index (Phi) is 4.70. The maximum absolute atomic E-state index is 12.5. The van der Waals surface area contributed by atoms with Gasteiger partial charge in [-0.05, 0) is 49.1 Å². The summed E-state index contributed by atoms with van der Waals surface area (Å²) in [5.41, 5.74) is 5.11. The van der Waals surface area contributed by atoms with Crippen molar-refractivity contribution in [1.29, 1.82) is 0 Å². The number of hydrogen-bond acceptors (Lipinski definition) is 4. The topological polar surface area (TPSA) is 36.0 Å². The van der Waals surface area contributed by atoms with Crippen LogP contribution in [0.3, 0.4) is 0 Å². The molecule has 29 heavy (non-hydrogen) atoms. The molecule has 0 aromatic heterocycles. The largest absolute Gasteiger partial charge is 0.496 e. The van der Waals surface area contributed by atoms with Gasteiger partial charge < -0.3 is 19.4 Å². The highest BCUT2D eigenvalue weighted by molar-refractivity contribution is 6.04. The fourth-order valence-corrected chi connectivity index (χ4v) is 5.47. The van der Waals surface area contributed by atoms with Gasteiger partial charge in [-0.2, -0.15) is 0 Å². The molecule has 152 valence electrons. The molecule has 0 N–H and O–H groups in total. The number of piperidine rings is 1. The first-order chi connectivity index (χ1) is 14.2. The maximum Gasteiger partial charge on any atom is 0.246 e. The average Bonchev–Trinajstić information content (AvgIpc) is 3.06. The highest BCUT2D eigenvalue weighted by Crippen LogP contribution is 2.50. The van der Waals surface area contributed by atoms with Crippen LogP contribution in [0.1, 0.15) is 29.9 Å². The third-order valence-corrected chi connectivity index (χ3v) is 6.95. The average molecular weight is 392 g/mol. The first kappa shape index (κ1) is 18.5. The van der Waals surface area contributed by atoms with E-state index < -0.39 is 0 Å². The van der Waals surface area contributed by atoms with Crippen molar-refractivity contribution in [1.82, 2.24) is 4.90 Å². The number of carbonyl (C=O) groups is 1. The Bertz CT molecular complexity index is 928. The number of para-hydroxylation sites is 2. The van der Waals surface area contributed by atoms with Gasteiger partial charge in [-0.25, -0.2) is 0 Å². The van der Waals surface area contributed by atoms with Crippen molar-refractivity contribution in [3.8, 4) is 5.75 Å². The third-order valence-electron chi connectivity index (χ3n) is 6.95. The maximum atomic E-state index is 12.5. The number of likely N-dealkylation sites (tertiary alicyclic amines) is 1. The fraction of sp³-hybridized carbons (Fsp3) is 0.458. The molecule has 1 fully saturated rings. The number of anilines is 2. The lowest BCUT2D eigenvalue weighted by Crippen LogP contribution is -2.51. The van der Waals surface area contributed by atoms with Gasteiger partial charge in [0, 0.05) is 32.1 Å². The summed E-state index contributed by atoms with van der Waals surface area (Å²) in [6, 6.07) is 15.3. The van der Waals surface area contributed by atoms with Crippen LogP contribution in [0.2, 0.25) is 0 Å². The van der Waals surface area contributed by atoms with Crippen molar-refractivity contribution in [2.45, 2.75) is 31.2 Å². The first-order valence-corrected chi connectivity index (χ1v) is 10.7. The normalized spacial score (nSPS) is 23.2. The highest BCUT2D eigenvalue weighted by atomic mass is 16.5. The standard InChI is InChI=1S/C24H29N3O2/c1-25-21-10-5-9-18-19-15-26(13-6-8-17-7-3-4-11-22(17)29-2)14-12-20(19)27(24(18)21)16-23(25)28/h3-5,7,9-11,19-20H,6,8,12-16H2,1-2H3/t19-,20-/m0/s1. The SMILES string of the molecule is COc1ccccc1CCCN1CC[C@H]2[C@@H](C1)c1cccc3c1N2CC(=O)N3C. The molecule has 0 saturated carbocycles. The monoisotopic (exact) mass is 391 g/mol. The molecule has 1 amide bonds. The van der Waals surface area contributed by atoms with Crippen LogP contribution >= 0.6 is 0 Å². The van der Waals surface area contributed by atoms with E-state index in [1.54, 1.807) is 7.11 Å². The van der Waals surface area contributed by atoms with Gasteiger partial charge in [0.2, 0.25) is 5.91 Å². The molecule has 3 heterocycles. The summed E-state index contributed by atoms with van der Waals surface area (Å²) < 4.78 is 5.49. The van der Waals surface area contributed by atoms with Gasteiger partial charge in [0.05, 0.1) is 25.0 Å². The molecule has 0 aliphatic carbocycles. The molecule has 2 aromatic carbocycles. The van der Waals surface area contributed by atoms with E-state index in [1.807, 2.05) is 24.1 Å². The number of fused-ring (bicyclic) bond motifs is 3. The number of methoxy groups -OCH3 is 1. The zero-order chi connectivity index (χ0) is 20.0. The van der Waals surface area contributed by atoms with Crippen LogP contribution < -0.4 is 14.5 Å². The predicted octanol–water partition coefficient (Wildman–Crippen LogP) is 3.28. The second kappa shape index (κ2) is 7.38. The number of aryl methyl sites for hydroxylation is 1. The van der Waals surface area contributed by atoms with E-state index >= 15 is 0 Å². The molecule has 5 nitrogen and oxygen atoms in total. The Balaban J connectivity index is 1.28. The van der Waals surface area contributed by atoms with Crippen molar-refractivity contribution in [3.63, 3.8) is 0 Å². The number of carbonyl (C=O) groups excluding carboxylic acids is 1. The van der Waals surface area contributed by atoms with Gasteiger partial charge >= 0.3 is 0 Å². The Labute approximate surface area is 172 Å². The molecular formula is C24H29N3O2. The number of rotatable bonds is 5. The van der Waals surface area contributed by atoms with Crippen molar-refractivity contribution in [2.75, 3.05) is 50.1 Å². The molecule has 0 spiro atoms. The summed E-state index contributed by atoms with van der Waals surface area (Å²) >= 11 is 0. The molecule has 1 saturated heterocycles. The lowest BCUT2D eigenvalue weighted by atomic mass is 9.89. The van der Waals surface area contributed by atoms with E-state index in [-0.39, 0.29) is 5.91 Å². The highest BCUT2D eigenvalue weighted by Gasteiger charge is 2.46. The van der Waals surface area contributed by atoms with Crippen LogP contribution in [-0.4, -0.2) is 57.2 Å². The van der Waals surface area contributed by atoms with E-state index in [0.717, 1.165) is 50.3 Å². The van der Waals surface area contributed by atoms with Gasteiger partial charge in [0.15, 0.2) is 0 Å². The zero-order valence-corrected chi connectivity index (χ0v) is 17.3. The molecule has 0 bridgehead atoms. The minimum Gasteiger partial charge on any atom is -0.496 e. The number of hydrogen-bond donors (Lipinski definition) is 0. The van der Waals surface area contributed by atoms with E-state index in [1.165, 1.54) is 16.8 Å². The van der Waals surface area contributed by atoms with E-state index in [2.05, 4.69) is 40.1 Å². The second-order valence-electron chi connectivity index (χ2n) is 8.47. The first-order valence-electron chi connectivity index (χ1n) is 10.7. The Morgan fingerprint density at radius 3 is 2.86 bits per heavy atom. The van der Waals surface area contributed by atoms with Crippen LogP contribution in [0, 0.1) is 0 Å². The van der Waals surface area contributed by atoms with Crippen molar-refractivity contribution in [2.24, 2.45) is 0 Å². The molecule has 5 rings (SSSR count). The van der Waals surface area contributed by atoms with Crippen LogP contribution in [-0.2, 0) is 11.2 Å². The van der Waals surface area contributed by atoms with Crippen LogP contribution in [0.4, 0.5) is 11.4 Å². The summed E-state index contributed by atoms with van der Waals surface area (Å²) in [6.07, 6.45) is 3.31. The molecular weight excluding hydrogens is 362 g/mol. The molecule has 2 atom stereocenters. The molecule has 3 aliphatic rings. The summed E-state index contributed by atoms with van der Waals surface area (Å²) in [5.74, 6) is 1.70. The molecule has 5 heteroatoms. The van der Waals surface area contributed by atoms with Gasteiger partial charge in [0.1, 0.15) is 5.75 Å². The summed E-state index contributed by atoms with van der Waals surface area (Å²) in [6.45, 7) is 3.82. The van der Waals surface area contributed by atoms with E-state index in [0.29, 0.717) is 18.5 Å². The van der Waals surface area contributed by atoms with E-state index in [9.17, 15) is 4.79 Å². The summed E-state index contributed by atoms with van der Waals surface area (Å²) in [5, 5.41) is 0. The summed E-state index contributed by atoms with van der Waals surface area (Å²) in [4.78, 5) is 19.3. The van der Waals surface area contributed by atoms with Gasteiger partial charge in [0.25, 0.3) is 0 Å². The van der Waals surface area contributed by atoms with Crippen LogP contribution in [0.5, 0.6) is 5.75 Å². The smallest absolute Gasteiger partial charge is 0.246 e. The summed E-state index contributed by atoms with van der Waals surface area (Å²) in [7, 11) is 3.65. The minimum atomic E-state index is 0.203. The Morgan fingerprint density at radius 1 is 1.14 bits per heavy atom. The van der Waals surface area contributed by atoms with Crippen LogP contribution in [0.15, 0.2) is 42.5 Å². The van der Waals surface area contributed by atoms with Crippen molar-refractivity contribution in [3.05, 3.63) is 53.6 Å². The molecule has 0 radical (unpaired) electrons. The van der Waals surface area contributed by atoms with Gasteiger partial charge in [-0.15, -0.1) is 0 Å². The van der Waals surface area contributed by atoms with Crippen molar-refractivity contribution < 1.29 is 9.53 Å². The quantitative estimate of drug-likeness (QED) is 0.784. The number of nitrogens with zero attached hydrogens (tertiary/aromatic N) is 3. The van der Waals surface area contributed by atoms with Crippen molar-refractivity contribution >= 4 is 17.3 Å². The van der Waals surface area contributed by atoms with E-state index in [4.69, 9.17) is 4.74 Å². The predicted molar refractivity (Wildman–Crippen MR) is 116 cm³/mol. The van der Waals surface area contributed by atoms with Crippen LogP contribution in [0.25, 0.3) is 0 Å². The fourth-order valence-electron chi connectivity index (χ4n) is 5.47.